The van der Waals surface area contributed by atoms with Crippen molar-refractivity contribution in [3.8, 4) is 23.0 Å². The molecule has 1 aliphatic heterocycles. The third-order valence-electron chi connectivity index (χ3n) is 5.95. The van der Waals surface area contributed by atoms with Crippen molar-refractivity contribution in [2.75, 3.05) is 5.75 Å². The molecule has 0 fully saturated rings. The first-order valence-corrected chi connectivity index (χ1v) is 12.9. The first-order chi connectivity index (χ1) is 17.3. The number of nitriles is 1. The number of carbonyl (C=O) groups excluding carboxylic acids is 2. The minimum atomic E-state index is -0.549. The number of hydrogen-bond donors (Lipinski definition) is 0. The van der Waals surface area contributed by atoms with Gasteiger partial charge in [0.25, 0.3) is 11.8 Å². The van der Waals surface area contributed by atoms with Gasteiger partial charge in [0, 0.05) is 33.8 Å². The molecule has 2 amide bonds. The van der Waals surface area contributed by atoms with Crippen molar-refractivity contribution in [3.63, 3.8) is 0 Å². The number of benzene rings is 2. The lowest BCUT2D eigenvalue weighted by molar-refractivity contribution is -0.142. The van der Waals surface area contributed by atoms with Crippen molar-refractivity contribution < 1.29 is 9.59 Å². The van der Waals surface area contributed by atoms with Gasteiger partial charge >= 0.3 is 0 Å². The van der Waals surface area contributed by atoms with E-state index in [9.17, 15) is 14.9 Å². The van der Waals surface area contributed by atoms with Crippen molar-refractivity contribution >= 4 is 29.7 Å². The third kappa shape index (κ3) is 4.91. The number of rotatable bonds is 7. The van der Waals surface area contributed by atoms with Crippen LogP contribution in [0, 0.1) is 11.3 Å². The maximum Gasteiger partial charge on any atom is 0.271 e. The summed E-state index contributed by atoms with van der Waals surface area (Å²) in [5.41, 5.74) is 3.94. The molecule has 0 saturated carbocycles. The largest absolute Gasteiger partial charge is 0.271 e. The van der Waals surface area contributed by atoms with Crippen LogP contribution in [0.3, 0.4) is 0 Å². The van der Waals surface area contributed by atoms with E-state index >= 15 is 0 Å². The van der Waals surface area contributed by atoms with Crippen LogP contribution in [-0.4, -0.2) is 38.3 Å². The summed E-state index contributed by atoms with van der Waals surface area (Å²) in [7, 11) is 0. The Morgan fingerprint density at radius 1 is 1.06 bits per heavy atom. The first kappa shape index (κ1) is 25.2. The molecule has 0 atom stereocenters. The zero-order valence-electron chi connectivity index (χ0n) is 20.9. The van der Waals surface area contributed by atoms with Crippen LogP contribution in [0.4, 0.5) is 0 Å². The van der Waals surface area contributed by atoms with Crippen LogP contribution in [0.5, 0.6) is 0 Å². The van der Waals surface area contributed by atoms with Gasteiger partial charge in [-0.25, -0.2) is 4.68 Å². The molecule has 0 radical (unpaired) electrons. The standard InChI is InChI=1S/C29H28N4O2S/c1-5-15-36-24-13-11-21(12-14-24)27-22(18-32(31-27)23-9-7-6-8-10-23)16-25-20(4)26(17-30)29(35)33(19(2)3)28(25)34/h6-14,16,18-19H,5,15H2,1-4H3/b25-16+. The SMILES string of the molecule is CCCSc1ccc(-c2nn(-c3ccccc3)cc2/C=C2/C(=O)N(C(C)C)C(=O)C(C#N)=C2C)cc1. The Hall–Kier alpha value is -3.89. The van der Waals surface area contributed by atoms with Gasteiger partial charge in [0.15, 0.2) is 0 Å². The smallest absolute Gasteiger partial charge is 0.271 e. The number of carbonyl (C=O) groups is 2. The highest BCUT2D eigenvalue weighted by Crippen LogP contribution is 2.32. The van der Waals surface area contributed by atoms with E-state index in [1.807, 2.05) is 66.5 Å². The van der Waals surface area contributed by atoms with Gasteiger partial charge in [-0.1, -0.05) is 37.3 Å². The highest BCUT2D eigenvalue weighted by atomic mass is 32.2. The fourth-order valence-corrected chi connectivity index (χ4v) is 4.85. The Morgan fingerprint density at radius 2 is 1.75 bits per heavy atom. The molecular weight excluding hydrogens is 468 g/mol. The Kier molecular flexibility index (Phi) is 7.56. The zero-order valence-corrected chi connectivity index (χ0v) is 21.7. The van der Waals surface area contributed by atoms with Gasteiger partial charge in [0.05, 0.1) is 11.4 Å². The lowest BCUT2D eigenvalue weighted by Gasteiger charge is -2.30. The van der Waals surface area contributed by atoms with E-state index in [0.29, 0.717) is 16.8 Å². The van der Waals surface area contributed by atoms with Gasteiger partial charge in [-0.3, -0.25) is 14.5 Å². The van der Waals surface area contributed by atoms with Crippen LogP contribution in [-0.2, 0) is 9.59 Å². The normalized spacial score (nSPS) is 15.2. The van der Waals surface area contributed by atoms with Crippen LogP contribution < -0.4 is 0 Å². The maximum absolute atomic E-state index is 13.4. The summed E-state index contributed by atoms with van der Waals surface area (Å²) in [5, 5.41) is 14.5. The van der Waals surface area contributed by atoms with Crippen molar-refractivity contribution in [1.29, 1.82) is 5.26 Å². The molecule has 0 unspecified atom stereocenters. The number of amides is 2. The van der Waals surface area contributed by atoms with E-state index in [-0.39, 0.29) is 11.6 Å². The number of hydrogen-bond acceptors (Lipinski definition) is 5. The molecule has 2 heterocycles. The second-order valence-electron chi connectivity index (χ2n) is 8.83. The zero-order chi connectivity index (χ0) is 25.8. The van der Waals surface area contributed by atoms with Crippen LogP contribution in [0.15, 0.2) is 82.4 Å². The molecule has 0 spiro atoms. The Labute approximate surface area is 215 Å². The summed E-state index contributed by atoms with van der Waals surface area (Å²) in [6.07, 6.45) is 4.73. The number of nitrogens with zero attached hydrogens (tertiary/aromatic N) is 4. The number of aromatic nitrogens is 2. The highest BCUT2D eigenvalue weighted by Gasteiger charge is 2.37. The fraction of sp³-hybridized carbons (Fsp3) is 0.241. The summed E-state index contributed by atoms with van der Waals surface area (Å²) in [6, 6.07) is 19.6. The Bertz CT molecular complexity index is 1390. The molecule has 7 heteroatoms. The van der Waals surface area contributed by atoms with Crippen molar-refractivity contribution in [2.24, 2.45) is 0 Å². The summed E-state index contributed by atoms with van der Waals surface area (Å²) >= 11 is 1.81. The molecular formula is C29H28N4O2S. The van der Waals surface area contributed by atoms with Crippen LogP contribution in [0.25, 0.3) is 23.0 Å². The van der Waals surface area contributed by atoms with Crippen molar-refractivity contribution in [1.82, 2.24) is 14.7 Å². The van der Waals surface area contributed by atoms with E-state index in [1.54, 1.807) is 31.5 Å². The molecule has 0 bridgehead atoms. The van der Waals surface area contributed by atoms with Crippen LogP contribution in [0.2, 0.25) is 0 Å². The average Bonchev–Trinajstić information content (AvgIpc) is 3.30. The van der Waals surface area contributed by atoms with E-state index in [1.165, 1.54) is 4.90 Å². The molecule has 0 saturated heterocycles. The second kappa shape index (κ2) is 10.8. The van der Waals surface area contributed by atoms with E-state index < -0.39 is 11.8 Å². The summed E-state index contributed by atoms with van der Waals surface area (Å²) in [4.78, 5) is 28.5. The van der Waals surface area contributed by atoms with Gasteiger partial charge < -0.3 is 0 Å². The molecule has 2 aromatic carbocycles. The quantitative estimate of drug-likeness (QED) is 0.226. The summed E-state index contributed by atoms with van der Waals surface area (Å²) in [6.45, 7) is 7.34. The number of para-hydroxylation sites is 1. The molecule has 1 aliphatic rings. The second-order valence-corrected chi connectivity index (χ2v) is 10.00. The molecule has 3 aromatic rings. The topological polar surface area (TPSA) is 79.0 Å². The highest BCUT2D eigenvalue weighted by molar-refractivity contribution is 7.99. The van der Waals surface area contributed by atoms with E-state index in [0.717, 1.165) is 33.9 Å². The average molecular weight is 497 g/mol. The monoisotopic (exact) mass is 496 g/mol. The first-order valence-electron chi connectivity index (χ1n) is 11.9. The minimum absolute atomic E-state index is 0.0103. The summed E-state index contributed by atoms with van der Waals surface area (Å²) in [5.74, 6) is 0.100. The fourth-order valence-electron chi connectivity index (χ4n) is 4.08. The van der Waals surface area contributed by atoms with Crippen LogP contribution >= 0.6 is 11.8 Å². The molecule has 0 aliphatic carbocycles. The number of imide groups is 1. The van der Waals surface area contributed by atoms with E-state index in [2.05, 4.69) is 19.1 Å². The van der Waals surface area contributed by atoms with Gasteiger partial charge in [0.2, 0.25) is 0 Å². The molecule has 4 rings (SSSR count). The van der Waals surface area contributed by atoms with Gasteiger partial charge in [0.1, 0.15) is 11.6 Å². The molecule has 1 aromatic heterocycles. The molecule has 182 valence electrons. The van der Waals surface area contributed by atoms with Crippen molar-refractivity contribution in [3.05, 3.63) is 83.1 Å². The van der Waals surface area contributed by atoms with Gasteiger partial charge in [-0.15, -0.1) is 11.8 Å². The predicted octanol–water partition coefficient (Wildman–Crippen LogP) is 6.04. The summed E-state index contributed by atoms with van der Waals surface area (Å²) < 4.78 is 1.78. The lowest BCUT2D eigenvalue weighted by Crippen LogP contribution is -2.46. The number of thioether (sulfide) groups is 1. The van der Waals surface area contributed by atoms with Crippen molar-refractivity contribution in [2.45, 2.75) is 45.1 Å². The Balaban J connectivity index is 1.87. The molecule has 36 heavy (non-hydrogen) atoms. The van der Waals surface area contributed by atoms with E-state index in [4.69, 9.17) is 5.10 Å². The van der Waals surface area contributed by atoms with Gasteiger partial charge in [-0.2, -0.15) is 10.4 Å². The lowest BCUT2D eigenvalue weighted by atomic mass is 9.92. The maximum atomic E-state index is 13.4. The third-order valence-corrected chi connectivity index (χ3v) is 7.17. The predicted molar refractivity (Wildman–Crippen MR) is 143 cm³/mol. The minimum Gasteiger partial charge on any atom is -0.271 e. The Morgan fingerprint density at radius 3 is 2.36 bits per heavy atom. The molecule has 6 nitrogen and oxygen atoms in total. The van der Waals surface area contributed by atoms with Gasteiger partial charge in [-0.05, 0) is 68.9 Å². The van der Waals surface area contributed by atoms with Crippen LogP contribution in [0.1, 0.15) is 39.7 Å². The molecule has 0 N–H and O–H groups in total.